The fourth-order valence-corrected chi connectivity index (χ4v) is 4.08. The van der Waals surface area contributed by atoms with Crippen LogP contribution in [-0.4, -0.2) is 41.4 Å². The molecule has 7 heteroatoms. The molecule has 6 nitrogen and oxygen atoms in total. The molecule has 0 radical (unpaired) electrons. The van der Waals surface area contributed by atoms with Gasteiger partial charge in [0.05, 0.1) is 11.7 Å². The van der Waals surface area contributed by atoms with Gasteiger partial charge in [-0.3, -0.25) is 4.79 Å². The van der Waals surface area contributed by atoms with Gasteiger partial charge in [0, 0.05) is 38.4 Å². The minimum Gasteiger partial charge on any atom is -0.372 e. The molecule has 1 heterocycles. The van der Waals surface area contributed by atoms with E-state index in [9.17, 15) is 9.18 Å². The van der Waals surface area contributed by atoms with Gasteiger partial charge in [-0.05, 0) is 17.9 Å². The molecule has 0 spiro atoms. The van der Waals surface area contributed by atoms with Crippen molar-refractivity contribution < 1.29 is 13.9 Å². The SMILES string of the molecule is COC(C[C@H](F)CN)C(=O)N[C@@H](c1nc(-c2ccccc2)cn1Cc1cccc(C)c1)C(C)(C)C. The van der Waals surface area contributed by atoms with E-state index in [1.165, 1.54) is 12.7 Å². The molecular weight excluding hydrogens is 443 g/mol. The molecule has 0 saturated heterocycles. The van der Waals surface area contributed by atoms with Gasteiger partial charge in [-0.1, -0.05) is 80.9 Å². The van der Waals surface area contributed by atoms with Crippen LogP contribution < -0.4 is 11.1 Å². The van der Waals surface area contributed by atoms with Gasteiger partial charge < -0.3 is 20.4 Å². The van der Waals surface area contributed by atoms with E-state index >= 15 is 0 Å². The number of nitrogens with two attached hydrogens (primary N) is 1. The van der Waals surface area contributed by atoms with Crippen LogP contribution in [0.4, 0.5) is 4.39 Å². The second-order valence-electron chi connectivity index (χ2n) is 10.1. The van der Waals surface area contributed by atoms with Crippen molar-refractivity contribution in [2.45, 2.75) is 59.0 Å². The Morgan fingerprint density at radius 2 is 1.89 bits per heavy atom. The Labute approximate surface area is 207 Å². The van der Waals surface area contributed by atoms with E-state index in [4.69, 9.17) is 15.5 Å². The molecule has 1 amide bonds. The number of carbonyl (C=O) groups excluding carboxylic acids is 1. The number of benzene rings is 2. The van der Waals surface area contributed by atoms with Crippen molar-refractivity contribution in [3.8, 4) is 11.3 Å². The van der Waals surface area contributed by atoms with Crippen LogP contribution in [0.2, 0.25) is 0 Å². The van der Waals surface area contributed by atoms with Crippen LogP contribution in [0.5, 0.6) is 0 Å². The number of halogens is 1. The Morgan fingerprint density at radius 1 is 1.17 bits per heavy atom. The van der Waals surface area contributed by atoms with Gasteiger partial charge in [0.1, 0.15) is 18.1 Å². The number of alkyl halides is 1. The second kappa shape index (κ2) is 11.6. The number of rotatable bonds is 10. The van der Waals surface area contributed by atoms with Crippen LogP contribution in [0.15, 0.2) is 60.8 Å². The van der Waals surface area contributed by atoms with Crippen molar-refractivity contribution in [3.63, 3.8) is 0 Å². The number of imidazole rings is 1. The highest BCUT2D eigenvalue weighted by molar-refractivity contribution is 5.81. The number of ether oxygens (including phenoxy) is 1. The predicted octanol–water partition coefficient (Wildman–Crippen LogP) is 4.81. The Bertz CT molecular complexity index is 1110. The van der Waals surface area contributed by atoms with Crippen molar-refractivity contribution in [2.24, 2.45) is 11.1 Å². The third-order valence-corrected chi connectivity index (χ3v) is 6.03. The highest BCUT2D eigenvalue weighted by Gasteiger charge is 2.34. The van der Waals surface area contributed by atoms with E-state index in [0.717, 1.165) is 22.6 Å². The lowest BCUT2D eigenvalue weighted by Gasteiger charge is -2.32. The zero-order valence-corrected chi connectivity index (χ0v) is 21.3. The summed E-state index contributed by atoms with van der Waals surface area (Å²) >= 11 is 0. The molecule has 188 valence electrons. The number of hydrogen-bond acceptors (Lipinski definition) is 4. The molecule has 2 aromatic carbocycles. The quantitative estimate of drug-likeness (QED) is 0.436. The Balaban J connectivity index is 2.02. The van der Waals surface area contributed by atoms with E-state index in [1.54, 1.807) is 0 Å². The summed E-state index contributed by atoms with van der Waals surface area (Å²) in [5.74, 6) is 0.353. The first kappa shape index (κ1) is 26.6. The highest BCUT2D eigenvalue weighted by Crippen LogP contribution is 2.34. The molecule has 3 rings (SSSR count). The zero-order valence-electron chi connectivity index (χ0n) is 21.3. The van der Waals surface area contributed by atoms with Crippen LogP contribution >= 0.6 is 0 Å². The molecule has 0 bridgehead atoms. The van der Waals surface area contributed by atoms with Crippen LogP contribution in [0.1, 0.15) is 50.2 Å². The topological polar surface area (TPSA) is 82.2 Å². The maximum absolute atomic E-state index is 14.0. The molecule has 0 aliphatic heterocycles. The number of amides is 1. The summed E-state index contributed by atoms with van der Waals surface area (Å²) in [5.41, 5.74) is 9.19. The fraction of sp³-hybridized carbons (Fsp3) is 0.429. The van der Waals surface area contributed by atoms with Gasteiger partial charge >= 0.3 is 0 Å². The summed E-state index contributed by atoms with van der Waals surface area (Å²) in [6, 6.07) is 17.8. The highest BCUT2D eigenvalue weighted by atomic mass is 19.1. The smallest absolute Gasteiger partial charge is 0.249 e. The third-order valence-electron chi connectivity index (χ3n) is 6.03. The molecule has 3 atom stereocenters. The third kappa shape index (κ3) is 6.99. The minimum absolute atomic E-state index is 0.0945. The number of hydrogen-bond donors (Lipinski definition) is 2. The van der Waals surface area contributed by atoms with Crippen molar-refractivity contribution in [1.82, 2.24) is 14.9 Å². The predicted molar refractivity (Wildman–Crippen MR) is 138 cm³/mol. The summed E-state index contributed by atoms with van der Waals surface area (Å²) in [7, 11) is 1.41. The average molecular weight is 481 g/mol. The van der Waals surface area contributed by atoms with Gasteiger partial charge in [-0.15, -0.1) is 0 Å². The summed E-state index contributed by atoms with van der Waals surface area (Å²) in [4.78, 5) is 18.2. The maximum Gasteiger partial charge on any atom is 0.249 e. The van der Waals surface area contributed by atoms with Gasteiger partial charge in [-0.2, -0.15) is 0 Å². The molecule has 0 fully saturated rings. The molecule has 1 unspecified atom stereocenters. The molecule has 3 aromatic rings. The maximum atomic E-state index is 14.0. The van der Waals surface area contributed by atoms with E-state index in [-0.39, 0.29) is 24.3 Å². The number of methoxy groups -OCH3 is 1. The van der Waals surface area contributed by atoms with E-state index in [2.05, 4.69) is 35.0 Å². The number of aryl methyl sites for hydroxylation is 1. The average Bonchev–Trinajstić information content (AvgIpc) is 3.23. The van der Waals surface area contributed by atoms with Crippen molar-refractivity contribution in [3.05, 3.63) is 77.7 Å². The first-order chi connectivity index (χ1) is 16.6. The van der Waals surface area contributed by atoms with E-state index in [1.807, 2.05) is 63.4 Å². The molecule has 3 N–H and O–H groups in total. The van der Waals surface area contributed by atoms with Crippen LogP contribution in [0.25, 0.3) is 11.3 Å². The summed E-state index contributed by atoms with van der Waals surface area (Å²) < 4.78 is 21.4. The number of nitrogens with one attached hydrogen (secondary N) is 1. The van der Waals surface area contributed by atoms with E-state index in [0.29, 0.717) is 6.54 Å². The summed E-state index contributed by atoms with van der Waals surface area (Å²) in [6.07, 6.45) is -0.320. The Hall–Kier alpha value is -3.03. The number of carbonyl (C=O) groups is 1. The lowest BCUT2D eigenvalue weighted by atomic mass is 9.85. The largest absolute Gasteiger partial charge is 0.372 e. The van der Waals surface area contributed by atoms with Gasteiger partial charge in [0.15, 0.2) is 0 Å². The molecule has 35 heavy (non-hydrogen) atoms. The van der Waals surface area contributed by atoms with Crippen molar-refractivity contribution >= 4 is 5.91 Å². The lowest BCUT2D eigenvalue weighted by Crippen LogP contribution is -2.45. The molecule has 0 aliphatic carbocycles. The molecule has 1 aromatic heterocycles. The van der Waals surface area contributed by atoms with Gasteiger partial charge in [0.25, 0.3) is 0 Å². The van der Waals surface area contributed by atoms with Crippen molar-refractivity contribution in [1.29, 1.82) is 0 Å². The van der Waals surface area contributed by atoms with Crippen LogP contribution in [0.3, 0.4) is 0 Å². The minimum atomic E-state index is -1.31. The fourth-order valence-electron chi connectivity index (χ4n) is 4.08. The second-order valence-corrected chi connectivity index (χ2v) is 10.1. The summed E-state index contributed by atoms with van der Waals surface area (Å²) in [5, 5.41) is 3.10. The van der Waals surface area contributed by atoms with Gasteiger partial charge in [-0.25, -0.2) is 9.37 Å². The first-order valence-electron chi connectivity index (χ1n) is 12.0. The van der Waals surface area contributed by atoms with Crippen LogP contribution in [-0.2, 0) is 16.1 Å². The first-order valence-corrected chi connectivity index (χ1v) is 12.0. The van der Waals surface area contributed by atoms with Crippen molar-refractivity contribution in [2.75, 3.05) is 13.7 Å². The number of aromatic nitrogens is 2. The molecule has 0 saturated carbocycles. The molecular formula is C28H37FN4O2. The zero-order chi connectivity index (χ0) is 25.6. The summed E-state index contributed by atoms with van der Waals surface area (Å²) in [6.45, 7) is 8.66. The molecule has 0 aliphatic rings. The van der Waals surface area contributed by atoms with E-state index < -0.39 is 18.3 Å². The Morgan fingerprint density at radius 3 is 2.49 bits per heavy atom. The Kier molecular flexibility index (Phi) is 8.81. The van der Waals surface area contributed by atoms with Gasteiger partial charge in [0.2, 0.25) is 5.91 Å². The standard InChI is InChI=1S/C28H37FN4O2/c1-19-10-9-11-20(14-19)17-33-18-23(21-12-7-6-8-13-21)31-26(33)25(28(2,3)4)32-27(34)24(35-5)15-22(29)16-30/h6-14,18,22,24-25H,15-17,30H2,1-5H3,(H,32,34)/t22-,24?,25-/m0/s1. The number of nitrogens with zero attached hydrogens (tertiary/aromatic N) is 2. The monoisotopic (exact) mass is 480 g/mol. The lowest BCUT2D eigenvalue weighted by molar-refractivity contribution is -0.134. The normalized spacial score (nSPS) is 14.4. The van der Waals surface area contributed by atoms with Crippen LogP contribution in [0, 0.1) is 12.3 Å².